The van der Waals surface area contributed by atoms with Gasteiger partial charge in [0.25, 0.3) is 0 Å². The van der Waals surface area contributed by atoms with E-state index in [1.165, 1.54) is 25.7 Å². The van der Waals surface area contributed by atoms with Gasteiger partial charge >= 0.3 is 0 Å². The third-order valence-electron chi connectivity index (χ3n) is 3.26. The van der Waals surface area contributed by atoms with Crippen molar-refractivity contribution in [2.45, 2.75) is 38.6 Å². The summed E-state index contributed by atoms with van der Waals surface area (Å²) in [6, 6.07) is 4.44. The van der Waals surface area contributed by atoms with Crippen molar-refractivity contribution in [1.29, 1.82) is 0 Å². The van der Waals surface area contributed by atoms with E-state index in [2.05, 4.69) is 20.3 Å². The number of fused-ring (bicyclic) bond motifs is 1. The fraction of sp³-hybridized carbons (Fsp3) is 0.462. The van der Waals surface area contributed by atoms with Crippen LogP contribution >= 0.6 is 0 Å². The minimum Gasteiger partial charge on any atom is -0.365 e. The highest BCUT2D eigenvalue weighted by atomic mass is 15.1. The second-order valence-electron chi connectivity index (χ2n) is 4.62. The Morgan fingerprint density at radius 2 is 2.06 bits per heavy atom. The van der Waals surface area contributed by atoms with E-state index in [0.717, 1.165) is 22.7 Å². The van der Waals surface area contributed by atoms with E-state index < -0.39 is 0 Å². The van der Waals surface area contributed by atoms with Crippen molar-refractivity contribution in [2.24, 2.45) is 0 Å². The minimum atomic E-state index is 0.550. The van der Waals surface area contributed by atoms with Gasteiger partial charge in [-0.2, -0.15) is 0 Å². The largest absolute Gasteiger partial charge is 0.365 e. The zero-order valence-electron chi connectivity index (χ0n) is 9.98. The van der Waals surface area contributed by atoms with Gasteiger partial charge in [-0.1, -0.05) is 12.8 Å². The molecule has 0 saturated heterocycles. The number of aromatic nitrogens is 3. The van der Waals surface area contributed by atoms with Crippen molar-refractivity contribution in [3.05, 3.63) is 24.2 Å². The van der Waals surface area contributed by atoms with Crippen LogP contribution in [0.5, 0.6) is 0 Å². The van der Waals surface area contributed by atoms with Crippen molar-refractivity contribution in [2.75, 3.05) is 5.32 Å². The molecule has 1 aliphatic rings. The molecule has 1 N–H and O–H groups in total. The highest BCUT2D eigenvalue weighted by Gasteiger charge is 2.17. The molecule has 3 rings (SSSR count). The second-order valence-corrected chi connectivity index (χ2v) is 4.62. The van der Waals surface area contributed by atoms with Crippen LogP contribution < -0.4 is 5.32 Å². The van der Waals surface area contributed by atoms with E-state index in [0.29, 0.717) is 6.04 Å². The smallest absolute Gasteiger partial charge is 0.156 e. The molecule has 1 fully saturated rings. The van der Waals surface area contributed by atoms with Crippen LogP contribution in [0.1, 0.15) is 31.5 Å². The maximum atomic E-state index is 4.48. The third-order valence-corrected chi connectivity index (χ3v) is 3.26. The lowest BCUT2D eigenvalue weighted by Crippen LogP contribution is -2.16. The molecule has 1 aliphatic carbocycles. The summed E-state index contributed by atoms with van der Waals surface area (Å²) < 4.78 is 0. The number of aryl methyl sites for hydroxylation is 1. The Labute approximate surface area is 101 Å². The van der Waals surface area contributed by atoms with E-state index in [9.17, 15) is 0 Å². The monoisotopic (exact) mass is 228 g/mol. The van der Waals surface area contributed by atoms with E-state index in [4.69, 9.17) is 0 Å². The zero-order chi connectivity index (χ0) is 11.7. The average molecular weight is 228 g/mol. The number of hydrogen-bond acceptors (Lipinski definition) is 4. The first-order valence-electron chi connectivity index (χ1n) is 6.19. The summed E-state index contributed by atoms with van der Waals surface area (Å²) in [5.74, 6) is 1.69. The van der Waals surface area contributed by atoms with Gasteiger partial charge in [0, 0.05) is 12.2 Å². The standard InChI is InChI=1S/C13H16N4/c1-9-15-11-7-4-8-14-12(11)13(16-9)17-10-5-2-3-6-10/h4,7-8,10H,2-3,5-6H2,1H3,(H,15,16,17). The first-order chi connectivity index (χ1) is 8.33. The molecule has 2 aromatic heterocycles. The van der Waals surface area contributed by atoms with Crippen LogP contribution in [-0.2, 0) is 0 Å². The van der Waals surface area contributed by atoms with E-state index >= 15 is 0 Å². The molecular weight excluding hydrogens is 212 g/mol. The van der Waals surface area contributed by atoms with Gasteiger partial charge < -0.3 is 5.32 Å². The van der Waals surface area contributed by atoms with Crippen LogP contribution in [0, 0.1) is 6.92 Å². The number of nitrogens with one attached hydrogen (secondary N) is 1. The van der Waals surface area contributed by atoms with Crippen LogP contribution in [0.2, 0.25) is 0 Å². The highest BCUT2D eigenvalue weighted by Crippen LogP contribution is 2.24. The van der Waals surface area contributed by atoms with Crippen molar-refractivity contribution in [3.63, 3.8) is 0 Å². The van der Waals surface area contributed by atoms with Gasteiger partial charge in [0.1, 0.15) is 11.3 Å². The Kier molecular flexibility index (Phi) is 2.63. The molecule has 2 aromatic rings. The molecule has 0 radical (unpaired) electrons. The van der Waals surface area contributed by atoms with Crippen LogP contribution in [0.4, 0.5) is 5.82 Å². The third kappa shape index (κ3) is 2.07. The Bertz CT molecular complexity index is 532. The molecule has 4 heteroatoms. The van der Waals surface area contributed by atoms with Gasteiger partial charge in [-0.25, -0.2) is 9.97 Å². The van der Waals surface area contributed by atoms with Crippen molar-refractivity contribution in [1.82, 2.24) is 15.0 Å². The first kappa shape index (κ1) is 10.4. The molecule has 0 aromatic carbocycles. The molecular formula is C13H16N4. The second kappa shape index (κ2) is 4.28. The SMILES string of the molecule is Cc1nc(NC2CCCC2)c2ncccc2n1. The molecule has 0 aliphatic heterocycles. The minimum absolute atomic E-state index is 0.550. The summed E-state index contributed by atoms with van der Waals surface area (Å²) >= 11 is 0. The van der Waals surface area contributed by atoms with Gasteiger partial charge in [0.05, 0.1) is 5.52 Å². The van der Waals surface area contributed by atoms with Gasteiger partial charge in [0.15, 0.2) is 5.82 Å². The number of rotatable bonds is 2. The molecule has 0 bridgehead atoms. The lowest BCUT2D eigenvalue weighted by Gasteiger charge is -2.14. The average Bonchev–Trinajstić information content (AvgIpc) is 2.81. The number of hydrogen-bond donors (Lipinski definition) is 1. The number of nitrogens with zero attached hydrogens (tertiary/aromatic N) is 3. The topological polar surface area (TPSA) is 50.7 Å². The van der Waals surface area contributed by atoms with E-state index in [1.54, 1.807) is 6.20 Å². The summed E-state index contributed by atoms with van der Waals surface area (Å²) in [7, 11) is 0. The van der Waals surface area contributed by atoms with Gasteiger partial charge in [-0.05, 0) is 31.9 Å². The van der Waals surface area contributed by atoms with Crippen LogP contribution in [0.25, 0.3) is 11.0 Å². The van der Waals surface area contributed by atoms with Crippen molar-refractivity contribution in [3.8, 4) is 0 Å². The van der Waals surface area contributed by atoms with E-state index in [-0.39, 0.29) is 0 Å². The Morgan fingerprint density at radius 3 is 2.88 bits per heavy atom. The Balaban J connectivity index is 2.01. The fourth-order valence-electron chi connectivity index (χ4n) is 2.45. The quantitative estimate of drug-likeness (QED) is 0.858. The molecule has 0 unspecified atom stereocenters. The lowest BCUT2D eigenvalue weighted by atomic mass is 10.2. The van der Waals surface area contributed by atoms with Crippen LogP contribution in [-0.4, -0.2) is 21.0 Å². The molecule has 0 atom stereocenters. The summed E-state index contributed by atoms with van der Waals surface area (Å²) in [6.07, 6.45) is 6.88. The summed E-state index contributed by atoms with van der Waals surface area (Å²) in [5, 5.41) is 3.51. The summed E-state index contributed by atoms with van der Waals surface area (Å²) in [4.78, 5) is 13.3. The molecule has 2 heterocycles. The van der Waals surface area contributed by atoms with Gasteiger partial charge in [-0.3, -0.25) is 4.98 Å². The summed E-state index contributed by atoms with van der Waals surface area (Å²) in [6.45, 7) is 1.92. The zero-order valence-corrected chi connectivity index (χ0v) is 9.98. The molecule has 0 spiro atoms. The maximum Gasteiger partial charge on any atom is 0.156 e. The normalized spacial score (nSPS) is 16.5. The fourth-order valence-corrected chi connectivity index (χ4v) is 2.45. The van der Waals surface area contributed by atoms with Crippen molar-refractivity contribution >= 4 is 16.9 Å². The summed E-state index contributed by atoms with van der Waals surface area (Å²) in [5.41, 5.74) is 1.80. The highest BCUT2D eigenvalue weighted by molar-refractivity contribution is 5.84. The number of anilines is 1. The molecule has 4 nitrogen and oxygen atoms in total. The lowest BCUT2D eigenvalue weighted by molar-refractivity contribution is 0.750. The predicted octanol–water partition coefficient (Wildman–Crippen LogP) is 2.69. The Morgan fingerprint density at radius 1 is 1.24 bits per heavy atom. The molecule has 17 heavy (non-hydrogen) atoms. The van der Waals surface area contributed by atoms with Crippen LogP contribution in [0.3, 0.4) is 0 Å². The molecule has 0 amide bonds. The van der Waals surface area contributed by atoms with E-state index in [1.807, 2.05) is 19.1 Å². The maximum absolute atomic E-state index is 4.48. The van der Waals surface area contributed by atoms with Crippen molar-refractivity contribution < 1.29 is 0 Å². The Hall–Kier alpha value is -1.71. The molecule has 88 valence electrons. The van der Waals surface area contributed by atoms with Gasteiger partial charge in [0.2, 0.25) is 0 Å². The predicted molar refractivity (Wildman–Crippen MR) is 67.9 cm³/mol. The van der Waals surface area contributed by atoms with Crippen LogP contribution in [0.15, 0.2) is 18.3 Å². The first-order valence-corrected chi connectivity index (χ1v) is 6.19. The molecule has 1 saturated carbocycles. The van der Waals surface area contributed by atoms with Gasteiger partial charge in [-0.15, -0.1) is 0 Å². The number of pyridine rings is 1.